The van der Waals surface area contributed by atoms with Gasteiger partial charge in [0.25, 0.3) is 5.91 Å². The van der Waals surface area contributed by atoms with Crippen LogP contribution in [0.3, 0.4) is 0 Å². The maximum atomic E-state index is 13.4. The van der Waals surface area contributed by atoms with Crippen LogP contribution in [0.2, 0.25) is 0 Å². The molecule has 0 fully saturated rings. The molecule has 0 radical (unpaired) electrons. The molecule has 1 N–H and O–H groups in total. The summed E-state index contributed by atoms with van der Waals surface area (Å²) in [5.74, 6) is -2.44. The predicted molar refractivity (Wildman–Crippen MR) is 105 cm³/mol. The number of rotatable bonds is 8. The molecule has 0 heterocycles. The Bertz CT molecular complexity index is 880. The minimum atomic E-state index is -0.824. The van der Waals surface area contributed by atoms with E-state index in [4.69, 9.17) is 9.47 Å². The zero-order valence-corrected chi connectivity index (χ0v) is 16.5. The van der Waals surface area contributed by atoms with E-state index in [0.717, 1.165) is 16.0 Å². The number of ether oxygens (including phenoxy) is 2. The molecular formula is C21H23FN2O5. The van der Waals surface area contributed by atoms with Crippen molar-refractivity contribution >= 4 is 23.5 Å². The lowest BCUT2D eigenvalue weighted by Gasteiger charge is -2.18. The van der Waals surface area contributed by atoms with E-state index >= 15 is 0 Å². The maximum Gasteiger partial charge on any atom is 0.344 e. The molecule has 0 saturated heterocycles. The highest BCUT2D eigenvalue weighted by Crippen LogP contribution is 2.19. The molecule has 29 heavy (non-hydrogen) atoms. The summed E-state index contributed by atoms with van der Waals surface area (Å²) in [4.78, 5) is 37.1. The molecule has 154 valence electrons. The Hall–Kier alpha value is -3.42. The van der Waals surface area contributed by atoms with Gasteiger partial charge in [0.2, 0.25) is 5.91 Å². The number of anilines is 1. The van der Waals surface area contributed by atoms with Gasteiger partial charge in [-0.2, -0.15) is 0 Å². The Morgan fingerprint density at radius 2 is 1.66 bits per heavy atom. The average Bonchev–Trinajstić information content (AvgIpc) is 2.68. The smallest absolute Gasteiger partial charge is 0.344 e. The molecule has 2 aromatic carbocycles. The van der Waals surface area contributed by atoms with E-state index < -0.39 is 30.9 Å². The highest BCUT2D eigenvalue weighted by molar-refractivity contribution is 5.96. The van der Waals surface area contributed by atoms with Crippen LogP contribution in [-0.2, 0) is 19.1 Å². The molecule has 7 nitrogen and oxygen atoms in total. The van der Waals surface area contributed by atoms with Gasteiger partial charge in [-0.1, -0.05) is 30.3 Å². The molecule has 8 heteroatoms. The molecule has 2 rings (SSSR count). The van der Waals surface area contributed by atoms with E-state index in [9.17, 15) is 18.8 Å². The monoisotopic (exact) mass is 402 g/mol. The summed E-state index contributed by atoms with van der Waals surface area (Å²) in [5.41, 5.74) is 2.53. The highest BCUT2D eigenvalue weighted by atomic mass is 19.1. The van der Waals surface area contributed by atoms with E-state index in [1.54, 1.807) is 6.07 Å². The average molecular weight is 402 g/mol. The number of hydrogen-bond donors (Lipinski definition) is 1. The van der Waals surface area contributed by atoms with Crippen LogP contribution in [0.1, 0.15) is 11.1 Å². The number of aryl methyl sites for hydroxylation is 2. The van der Waals surface area contributed by atoms with Crippen LogP contribution in [0.4, 0.5) is 10.1 Å². The largest absolute Gasteiger partial charge is 0.479 e. The van der Waals surface area contributed by atoms with Gasteiger partial charge < -0.3 is 19.7 Å². The Morgan fingerprint density at radius 3 is 2.31 bits per heavy atom. The first-order valence-electron chi connectivity index (χ1n) is 8.91. The van der Waals surface area contributed by atoms with Crippen molar-refractivity contribution in [1.82, 2.24) is 4.90 Å². The summed E-state index contributed by atoms with van der Waals surface area (Å²) in [6, 6.07) is 11.3. The fourth-order valence-corrected chi connectivity index (χ4v) is 2.49. The lowest BCUT2D eigenvalue weighted by molar-refractivity contribution is -0.153. The number of carbonyl (C=O) groups excluding carboxylic acids is 3. The van der Waals surface area contributed by atoms with E-state index in [1.165, 1.54) is 25.2 Å². The Labute approximate surface area is 168 Å². The van der Waals surface area contributed by atoms with Crippen molar-refractivity contribution < 1.29 is 28.2 Å². The number of benzene rings is 2. The maximum absolute atomic E-state index is 13.4. The molecule has 0 aliphatic carbocycles. The molecule has 0 bridgehead atoms. The molecule has 0 aromatic heterocycles. The molecule has 0 aliphatic rings. The summed E-state index contributed by atoms with van der Waals surface area (Å²) in [6.45, 7) is 2.47. The van der Waals surface area contributed by atoms with Crippen LogP contribution in [0.25, 0.3) is 0 Å². The second-order valence-electron chi connectivity index (χ2n) is 6.44. The van der Waals surface area contributed by atoms with Crippen LogP contribution in [0.5, 0.6) is 5.75 Å². The van der Waals surface area contributed by atoms with Gasteiger partial charge in [-0.15, -0.1) is 0 Å². The van der Waals surface area contributed by atoms with E-state index in [2.05, 4.69) is 5.32 Å². The summed E-state index contributed by atoms with van der Waals surface area (Å²) < 4.78 is 23.2. The number of hydrogen-bond acceptors (Lipinski definition) is 5. The molecule has 2 aromatic rings. The van der Waals surface area contributed by atoms with Crippen molar-refractivity contribution in [2.24, 2.45) is 0 Å². The molecule has 0 atom stereocenters. The zero-order chi connectivity index (χ0) is 21.4. The van der Waals surface area contributed by atoms with Crippen molar-refractivity contribution in [2.45, 2.75) is 13.8 Å². The SMILES string of the molecule is Cc1cccc(C)c1NC(=O)CN(C)C(=O)COC(=O)COc1ccccc1F. The number of likely N-dealkylation sites (N-methyl/N-ethyl adjacent to an activating group) is 1. The van der Waals surface area contributed by atoms with Gasteiger partial charge in [-0.05, 0) is 37.1 Å². The molecule has 0 saturated carbocycles. The third-order valence-electron chi connectivity index (χ3n) is 4.09. The molecule has 0 unspecified atom stereocenters. The van der Waals surface area contributed by atoms with Gasteiger partial charge in [0, 0.05) is 12.7 Å². The first-order valence-corrected chi connectivity index (χ1v) is 8.91. The minimum absolute atomic E-state index is 0.0870. The first-order chi connectivity index (χ1) is 13.8. The lowest BCUT2D eigenvalue weighted by Crippen LogP contribution is -2.38. The van der Waals surface area contributed by atoms with Crippen LogP contribution in [-0.4, -0.2) is 49.5 Å². The molecule has 0 spiro atoms. The number of para-hydroxylation sites is 2. The zero-order valence-electron chi connectivity index (χ0n) is 16.5. The van der Waals surface area contributed by atoms with Crippen molar-refractivity contribution in [3.63, 3.8) is 0 Å². The Morgan fingerprint density at radius 1 is 1.00 bits per heavy atom. The molecular weight excluding hydrogens is 379 g/mol. The van der Waals surface area contributed by atoms with Gasteiger partial charge in [0.1, 0.15) is 0 Å². The number of nitrogens with one attached hydrogen (secondary N) is 1. The lowest BCUT2D eigenvalue weighted by atomic mass is 10.1. The van der Waals surface area contributed by atoms with Gasteiger partial charge in [0.15, 0.2) is 24.8 Å². The topological polar surface area (TPSA) is 84.9 Å². The quantitative estimate of drug-likeness (QED) is 0.686. The first kappa shape index (κ1) is 21.9. The van der Waals surface area contributed by atoms with Crippen LogP contribution >= 0.6 is 0 Å². The predicted octanol–water partition coefficient (Wildman–Crippen LogP) is 2.46. The highest BCUT2D eigenvalue weighted by Gasteiger charge is 2.17. The second kappa shape index (κ2) is 10.2. The molecule has 2 amide bonds. The fourth-order valence-electron chi connectivity index (χ4n) is 2.49. The third kappa shape index (κ3) is 6.60. The number of carbonyl (C=O) groups is 3. The number of amides is 2. The Balaban J connectivity index is 1.76. The van der Waals surface area contributed by atoms with E-state index in [-0.39, 0.29) is 18.2 Å². The van der Waals surface area contributed by atoms with Crippen LogP contribution < -0.4 is 10.1 Å². The standard InChI is InChI=1S/C21H23FN2O5/c1-14-7-6-8-15(2)21(14)23-18(25)11-24(3)19(26)12-29-20(27)13-28-17-10-5-4-9-16(17)22/h4-10H,11-13H2,1-3H3,(H,23,25). The fraction of sp³-hybridized carbons (Fsp3) is 0.286. The number of nitrogens with zero attached hydrogens (tertiary/aromatic N) is 1. The van der Waals surface area contributed by atoms with Gasteiger partial charge in [0.05, 0.1) is 6.54 Å². The van der Waals surface area contributed by atoms with Crippen LogP contribution in [0.15, 0.2) is 42.5 Å². The Kier molecular flexibility index (Phi) is 7.70. The summed E-state index contributed by atoms with van der Waals surface area (Å²) >= 11 is 0. The van der Waals surface area contributed by atoms with Gasteiger partial charge in [-0.3, -0.25) is 9.59 Å². The van der Waals surface area contributed by atoms with Crippen molar-refractivity contribution in [3.05, 3.63) is 59.4 Å². The normalized spacial score (nSPS) is 10.2. The molecule has 0 aliphatic heterocycles. The number of esters is 1. The van der Waals surface area contributed by atoms with Crippen molar-refractivity contribution in [1.29, 1.82) is 0 Å². The van der Waals surface area contributed by atoms with E-state index in [1.807, 2.05) is 32.0 Å². The van der Waals surface area contributed by atoms with Crippen LogP contribution in [0, 0.1) is 19.7 Å². The summed E-state index contributed by atoms with van der Waals surface area (Å²) in [6.07, 6.45) is 0. The minimum Gasteiger partial charge on any atom is -0.479 e. The van der Waals surface area contributed by atoms with Gasteiger partial charge in [-0.25, -0.2) is 9.18 Å². The van der Waals surface area contributed by atoms with Crippen molar-refractivity contribution in [3.8, 4) is 5.75 Å². The third-order valence-corrected chi connectivity index (χ3v) is 4.09. The second-order valence-corrected chi connectivity index (χ2v) is 6.44. The summed E-state index contributed by atoms with van der Waals surface area (Å²) in [5, 5.41) is 2.78. The van der Waals surface area contributed by atoms with Gasteiger partial charge >= 0.3 is 5.97 Å². The van der Waals surface area contributed by atoms with Crippen molar-refractivity contribution in [2.75, 3.05) is 32.1 Å². The number of halogens is 1. The summed E-state index contributed by atoms with van der Waals surface area (Å²) in [7, 11) is 1.43. The van der Waals surface area contributed by atoms with E-state index in [0.29, 0.717) is 5.69 Å².